The van der Waals surface area contributed by atoms with Crippen molar-refractivity contribution in [2.24, 2.45) is 11.7 Å². The number of methoxy groups -OCH3 is 1. The lowest BCUT2D eigenvalue weighted by Gasteiger charge is -2.30. The maximum Gasteiger partial charge on any atom is 0.122 e. The molecule has 3 atom stereocenters. The molecule has 108 valence electrons. The largest absolute Gasteiger partial charge is 0.465 e. The van der Waals surface area contributed by atoms with Crippen LogP contribution in [0.2, 0.25) is 0 Å². The third kappa shape index (κ3) is 3.38. The lowest BCUT2D eigenvalue weighted by molar-refractivity contribution is 0.135. The summed E-state index contributed by atoms with van der Waals surface area (Å²) < 4.78 is 11.1. The standard InChI is InChI=1S/C15H26N2O2/c1-4-13(16)15(14-6-5-11(2)19-14)17-8-7-12(9-17)10-18-3/h5-6,12-13,15H,4,7-10,16H2,1-3H3. The molecule has 0 amide bonds. The number of likely N-dealkylation sites (tertiary alicyclic amines) is 1. The van der Waals surface area contributed by atoms with Crippen LogP contribution >= 0.6 is 0 Å². The molecule has 0 radical (unpaired) electrons. The molecule has 0 aliphatic carbocycles. The lowest BCUT2D eigenvalue weighted by atomic mass is 10.0. The van der Waals surface area contributed by atoms with E-state index in [0.717, 1.165) is 37.6 Å². The van der Waals surface area contributed by atoms with E-state index < -0.39 is 0 Å². The molecular formula is C15H26N2O2. The second-order valence-corrected chi connectivity index (χ2v) is 5.57. The summed E-state index contributed by atoms with van der Waals surface area (Å²) in [5.74, 6) is 2.58. The Morgan fingerprint density at radius 2 is 2.32 bits per heavy atom. The predicted octanol–water partition coefficient (Wildman–Crippen LogP) is 2.33. The Morgan fingerprint density at radius 3 is 2.89 bits per heavy atom. The van der Waals surface area contributed by atoms with Gasteiger partial charge in [-0.25, -0.2) is 0 Å². The highest BCUT2D eigenvalue weighted by molar-refractivity contribution is 5.12. The minimum atomic E-state index is 0.117. The van der Waals surface area contributed by atoms with Crippen molar-refractivity contribution < 1.29 is 9.15 Å². The average Bonchev–Trinajstić information content (AvgIpc) is 3.00. The summed E-state index contributed by atoms with van der Waals surface area (Å²) in [4.78, 5) is 2.45. The Morgan fingerprint density at radius 1 is 1.53 bits per heavy atom. The lowest BCUT2D eigenvalue weighted by Crippen LogP contribution is -2.39. The molecule has 1 fully saturated rings. The summed E-state index contributed by atoms with van der Waals surface area (Å²) in [6.45, 7) is 7.08. The van der Waals surface area contributed by atoms with Crippen molar-refractivity contribution in [1.82, 2.24) is 4.90 Å². The molecule has 1 aliphatic heterocycles. The van der Waals surface area contributed by atoms with E-state index >= 15 is 0 Å². The quantitative estimate of drug-likeness (QED) is 0.858. The summed E-state index contributed by atoms with van der Waals surface area (Å²) in [5.41, 5.74) is 6.32. The SMILES string of the molecule is CCC(N)C(c1ccc(C)o1)N1CCC(COC)C1. The molecule has 3 unspecified atom stereocenters. The van der Waals surface area contributed by atoms with E-state index in [1.165, 1.54) is 6.42 Å². The number of rotatable bonds is 6. The van der Waals surface area contributed by atoms with E-state index in [9.17, 15) is 0 Å². The van der Waals surface area contributed by atoms with Crippen LogP contribution in [0.4, 0.5) is 0 Å². The monoisotopic (exact) mass is 266 g/mol. The van der Waals surface area contributed by atoms with Crippen molar-refractivity contribution >= 4 is 0 Å². The Bertz CT molecular complexity index is 391. The molecule has 0 bridgehead atoms. The fourth-order valence-electron chi connectivity index (χ4n) is 2.98. The van der Waals surface area contributed by atoms with Gasteiger partial charge in [0.2, 0.25) is 0 Å². The minimum absolute atomic E-state index is 0.117. The van der Waals surface area contributed by atoms with Crippen molar-refractivity contribution in [3.8, 4) is 0 Å². The van der Waals surface area contributed by atoms with Gasteiger partial charge >= 0.3 is 0 Å². The third-order valence-corrected chi connectivity index (χ3v) is 4.04. The highest BCUT2D eigenvalue weighted by Crippen LogP contribution is 2.31. The summed E-state index contributed by atoms with van der Waals surface area (Å²) >= 11 is 0. The van der Waals surface area contributed by atoms with Gasteiger partial charge in [-0.1, -0.05) is 6.92 Å². The Balaban J connectivity index is 2.11. The molecule has 1 aliphatic rings. The summed E-state index contributed by atoms with van der Waals surface area (Å²) in [6, 6.07) is 4.40. The molecule has 1 saturated heterocycles. The molecular weight excluding hydrogens is 240 g/mol. The predicted molar refractivity (Wildman–Crippen MR) is 76.0 cm³/mol. The molecule has 0 spiro atoms. The Hall–Kier alpha value is -0.840. The van der Waals surface area contributed by atoms with Gasteiger partial charge in [-0.3, -0.25) is 4.90 Å². The second-order valence-electron chi connectivity index (χ2n) is 5.57. The van der Waals surface area contributed by atoms with Crippen LogP contribution in [0.15, 0.2) is 16.5 Å². The topological polar surface area (TPSA) is 51.6 Å². The zero-order valence-electron chi connectivity index (χ0n) is 12.3. The molecule has 2 heterocycles. The van der Waals surface area contributed by atoms with Crippen molar-refractivity contribution in [2.45, 2.75) is 38.8 Å². The molecule has 4 heteroatoms. The van der Waals surface area contributed by atoms with Crippen LogP contribution in [0.3, 0.4) is 0 Å². The van der Waals surface area contributed by atoms with E-state index in [1.54, 1.807) is 7.11 Å². The van der Waals surface area contributed by atoms with E-state index in [1.807, 2.05) is 13.0 Å². The van der Waals surface area contributed by atoms with Gasteiger partial charge in [-0.15, -0.1) is 0 Å². The molecule has 1 aromatic heterocycles. The molecule has 0 saturated carbocycles. The van der Waals surface area contributed by atoms with Crippen LogP contribution in [0.25, 0.3) is 0 Å². The fourth-order valence-corrected chi connectivity index (χ4v) is 2.98. The molecule has 2 N–H and O–H groups in total. The molecule has 2 rings (SSSR count). The first kappa shape index (κ1) is 14.6. The van der Waals surface area contributed by atoms with Crippen LogP contribution in [0, 0.1) is 12.8 Å². The van der Waals surface area contributed by atoms with Gasteiger partial charge in [0.1, 0.15) is 11.5 Å². The number of aryl methyl sites for hydroxylation is 1. The zero-order chi connectivity index (χ0) is 13.8. The molecule has 19 heavy (non-hydrogen) atoms. The number of nitrogens with zero attached hydrogens (tertiary/aromatic N) is 1. The molecule has 4 nitrogen and oxygen atoms in total. The molecule has 0 aromatic carbocycles. The second kappa shape index (κ2) is 6.55. The van der Waals surface area contributed by atoms with E-state index in [-0.39, 0.29) is 12.1 Å². The summed E-state index contributed by atoms with van der Waals surface area (Å²) in [5, 5.41) is 0. The van der Waals surface area contributed by atoms with E-state index in [2.05, 4.69) is 17.9 Å². The van der Waals surface area contributed by atoms with Crippen molar-refractivity contribution in [1.29, 1.82) is 0 Å². The zero-order valence-corrected chi connectivity index (χ0v) is 12.3. The minimum Gasteiger partial charge on any atom is -0.465 e. The number of hydrogen-bond donors (Lipinski definition) is 1. The van der Waals surface area contributed by atoms with Gasteiger partial charge in [0.25, 0.3) is 0 Å². The van der Waals surface area contributed by atoms with E-state index in [4.69, 9.17) is 14.9 Å². The van der Waals surface area contributed by atoms with Crippen molar-refractivity contribution in [2.75, 3.05) is 26.8 Å². The van der Waals surface area contributed by atoms with Gasteiger partial charge in [-0.05, 0) is 44.4 Å². The van der Waals surface area contributed by atoms with Crippen LogP contribution in [0.1, 0.15) is 37.3 Å². The van der Waals surface area contributed by atoms with Gasteiger partial charge in [0.15, 0.2) is 0 Å². The van der Waals surface area contributed by atoms with Crippen molar-refractivity contribution in [3.05, 3.63) is 23.7 Å². The van der Waals surface area contributed by atoms with Crippen LogP contribution in [-0.2, 0) is 4.74 Å². The van der Waals surface area contributed by atoms with Crippen molar-refractivity contribution in [3.63, 3.8) is 0 Å². The smallest absolute Gasteiger partial charge is 0.122 e. The first-order valence-corrected chi connectivity index (χ1v) is 7.20. The van der Waals surface area contributed by atoms with Crippen LogP contribution in [-0.4, -0.2) is 37.7 Å². The Kier molecular flexibility index (Phi) is 5.02. The third-order valence-electron chi connectivity index (χ3n) is 4.04. The number of nitrogens with two attached hydrogens (primary N) is 1. The van der Waals surface area contributed by atoms with E-state index in [0.29, 0.717) is 5.92 Å². The normalized spacial score (nSPS) is 23.7. The van der Waals surface area contributed by atoms with Gasteiger partial charge < -0.3 is 14.9 Å². The Labute approximate surface area is 115 Å². The number of hydrogen-bond acceptors (Lipinski definition) is 4. The van der Waals surface area contributed by atoms with Crippen LogP contribution < -0.4 is 5.73 Å². The van der Waals surface area contributed by atoms with Gasteiger partial charge in [0.05, 0.1) is 12.6 Å². The number of ether oxygens (including phenoxy) is 1. The fraction of sp³-hybridized carbons (Fsp3) is 0.733. The highest BCUT2D eigenvalue weighted by Gasteiger charge is 2.33. The number of furan rings is 1. The highest BCUT2D eigenvalue weighted by atomic mass is 16.5. The van der Waals surface area contributed by atoms with Gasteiger partial charge in [-0.2, -0.15) is 0 Å². The van der Waals surface area contributed by atoms with Gasteiger partial charge in [0, 0.05) is 19.7 Å². The molecule has 1 aromatic rings. The van der Waals surface area contributed by atoms with Crippen LogP contribution in [0.5, 0.6) is 0 Å². The maximum absolute atomic E-state index is 6.32. The first-order valence-electron chi connectivity index (χ1n) is 7.20. The average molecular weight is 266 g/mol. The summed E-state index contributed by atoms with van der Waals surface area (Å²) in [7, 11) is 1.77. The first-order chi connectivity index (χ1) is 9.15. The summed E-state index contributed by atoms with van der Waals surface area (Å²) in [6.07, 6.45) is 2.14. The maximum atomic E-state index is 6.32.